The Bertz CT molecular complexity index is 791. The third-order valence-electron chi connectivity index (χ3n) is 3.97. The summed E-state index contributed by atoms with van der Waals surface area (Å²) in [4.78, 5) is 12.2. The summed E-state index contributed by atoms with van der Waals surface area (Å²) in [7, 11) is 0. The quantitative estimate of drug-likeness (QED) is 0.663. The highest BCUT2D eigenvalue weighted by Gasteiger charge is 2.33. The van der Waals surface area contributed by atoms with Crippen LogP contribution in [-0.2, 0) is 17.5 Å². The molecule has 2 rings (SSSR count). The van der Waals surface area contributed by atoms with E-state index in [-0.39, 0.29) is 24.3 Å². The molecule has 0 spiro atoms. The van der Waals surface area contributed by atoms with Gasteiger partial charge in [0.25, 0.3) is 0 Å². The van der Waals surface area contributed by atoms with E-state index in [1.54, 1.807) is 6.92 Å². The highest BCUT2D eigenvalue weighted by atomic mass is 19.4. The Balaban J connectivity index is 1.93. The van der Waals surface area contributed by atoms with Crippen molar-refractivity contribution in [3.63, 3.8) is 0 Å². The molecule has 0 radical (unpaired) electrons. The molecule has 7 heteroatoms. The molecule has 2 N–H and O–H groups in total. The molecule has 0 fully saturated rings. The van der Waals surface area contributed by atoms with Gasteiger partial charge in [-0.05, 0) is 39.0 Å². The van der Waals surface area contributed by atoms with Crippen LogP contribution in [0.25, 0.3) is 0 Å². The lowest BCUT2D eigenvalue weighted by molar-refractivity contribution is -0.137. The maximum Gasteiger partial charge on any atom is 0.418 e. The van der Waals surface area contributed by atoms with E-state index in [9.17, 15) is 18.0 Å². The molecular weight excluding hydrogens is 369 g/mol. The normalized spacial score (nSPS) is 12.7. The lowest BCUT2D eigenvalue weighted by atomic mass is 10.1. The Morgan fingerprint density at radius 1 is 1.04 bits per heavy atom. The first-order chi connectivity index (χ1) is 13.2. The maximum atomic E-state index is 13.0. The lowest BCUT2D eigenvalue weighted by Crippen LogP contribution is -2.30. The van der Waals surface area contributed by atoms with Crippen LogP contribution in [-0.4, -0.2) is 18.1 Å². The minimum atomic E-state index is -4.52. The molecule has 28 heavy (non-hydrogen) atoms. The number of halogens is 3. The highest BCUT2D eigenvalue weighted by Crippen LogP contribution is 2.34. The molecule has 0 bridgehead atoms. The fourth-order valence-electron chi connectivity index (χ4n) is 2.69. The molecule has 1 amide bonds. The smallest absolute Gasteiger partial charge is 0.418 e. The number of ether oxygens (including phenoxy) is 1. The zero-order chi connectivity index (χ0) is 20.7. The molecule has 0 aliphatic carbocycles. The molecule has 152 valence electrons. The van der Waals surface area contributed by atoms with Gasteiger partial charge in [-0.2, -0.15) is 13.2 Å². The third kappa shape index (κ3) is 6.56. The average molecular weight is 394 g/mol. The van der Waals surface area contributed by atoms with Crippen molar-refractivity contribution in [2.24, 2.45) is 0 Å². The van der Waals surface area contributed by atoms with Gasteiger partial charge in [0.2, 0.25) is 5.91 Å². The number of alkyl halides is 3. The van der Waals surface area contributed by atoms with Crippen LogP contribution in [0.2, 0.25) is 0 Å². The van der Waals surface area contributed by atoms with E-state index < -0.39 is 17.6 Å². The first kappa shape index (κ1) is 21.8. The van der Waals surface area contributed by atoms with E-state index in [1.165, 1.54) is 18.2 Å². The van der Waals surface area contributed by atoms with Gasteiger partial charge >= 0.3 is 6.18 Å². The lowest BCUT2D eigenvalue weighted by Gasteiger charge is -2.18. The van der Waals surface area contributed by atoms with Gasteiger partial charge in [-0.1, -0.05) is 30.3 Å². The number of anilines is 1. The summed E-state index contributed by atoms with van der Waals surface area (Å²) < 4.78 is 44.8. The van der Waals surface area contributed by atoms with E-state index in [1.807, 2.05) is 38.1 Å². The Morgan fingerprint density at radius 3 is 2.36 bits per heavy atom. The van der Waals surface area contributed by atoms with E-state index >= 15 is 0 Å². The second-order valence-corrected chi connectivity index (χ2v) is 6.85. The van der Waals surface area contributed by atoms with Crippen LogP contribution in [0.3, 0.4) is 0 Å². The number of amides is 1. The number of carbonyl (C=O) groups is 1. The fourth-order valence-corrected chi connectivity index (χ4v) is 2.69. The standard InChI is InChI=1S/C21H25F3N2O2/c1-14(2)28-19-11-7-4-8-16(19)13-25-15(3)12-20(27)26-18-10-6-5-9-17(18)21(22,23)24/h4-11,14-15,25H,12-13H2,1-3H3,(H,26,27). The fraction of sp³-hybridized carbons (Fsp3) is 0.381. The monoisotopic (exact) mass is 394 g/mol. The van der Waals surface area contributed by atoms with Crippen molar-refractivity contribution in [2.45, 2.75) is 52.1 Å². The maximum absolute atomic E-state index is 13.0. The summed E-state index contributed by atoms with van der Waals surface area (Å²) in [5.41, 5.74) is -0.141. The first-order valence-electron chi connectivity index (χ1n) is 9.11. The molecule has 0 saturated carbocycles. The minimum Gasteiger partial charge on any atom is -0.491 e. The summed E-state index contributed by atoms with van der Waals surface area (Å²) in [6.07, 6.45) is -4.44. The van der Waals surface area contributed by atoms with Crippen molar-refractivity contribution in [3.05, 3.63) is 59.7 Å². The summed E-state index contributed by atoms with van der Waals surface area (Å²) in [5.74, 6) is 0.282. The van der Waals surface area contributed by atoms with Crippen LogP contribution in [0.5, 0.6) is 5.75 Å². The van der Waals surface area contributed by atoms with Crippen molar-refractivity contribution < 1.29 is 22.7 Å². The average Bonchev–Trinajstić information content (AvgIpc) is 2.60. The van der Waals surface area contributed by atoms with Gasteiger partial charge in [-0.25, -0.2) is 0 Å². The number of benzene rings is 2. The summed E-state index contributed by atoms with van der Waals surface area (Å²) in [6, 6.07) is 12.3. The molecule has 2 aromatic rings. The van der Waals surface area contributed by atoms with Crippen molar-refractivity contribution in [1.29, 1.82) is 0 Å². The number of para-hydroxylation sites is 2. The SMILES string of the molecule is CC(CC(=O)Nc1ccccc1C(F)(F)F)NCc1ccccc1OC(C)C. The number of nitrogens with one attached hydrogen (secondary N) is 2. The van der Waals surface area contributed by atoms with Crippen LogP contribution in [0.1, 0.15) is 38.3 Å². The van der Waals surface area contributed by atoms with Gasteiger partial charge in [0.1, 0.15) is 5.75 Å². The van der Waals surface area contributed by atoms with Gasteiger partial charge < -0.3 is 15.4 Å². The predicted molar refractivity (Wildman–Crippen MR) is 103 cm³/mol. The Morgan fingerprint density at radius 2 is 1.68 bits per heavy atom. The van der Waals surface area contributed by atoms with Crippen LogP contribution >= 0.6 is 0 Å². The van der Waals surface area contributed by atoms with Gasteiger partial charge in [0.05, 0.1) is 17.4 Å². The van der Waals surface area contributed by atoms with E-state index in [0.29, 0.717) is 6.54 Å². The van der Waals surface area contributed by atoms with Crippen molar-refractivity contribution in [1.82, 2.24) is 5.32 Å². The molecular formula is C21H25F3N2O2. The van der Waals surface area contributed by atoms with E-state index in [2.05, 4.69) is 10.6 Å². The van der Waals surface area contributed by atoms with Gasteiger partial charge in [-0.15, -0.1) is 0 Å². The predicted octanol–water partition coefficient (Wildman–Crippen LogP) is 5.00. The largest absolute Gasteiger partial charge is 0.491 e. The second-order valence-electron chi connectivity index (χ2n) is 6.85. The molecule has 0 saturated heterocycles. The van der Waals surface area contributed by atoms with E-state index in [4.69, 9.17) is 4.74 Å². The number of hydrogen-bond donors (Lipinski definition) is 2. The Hall–Kier alpha value is -2.54. The zero-order valence-corrected chi connectivity index (χ0v) is 16.1. The Labute approximate surface area is 163 Å². The zero-order valence-electron chi connectivity index (χ0n) is 16.1. The Kier molecular flexibility index (Phi) is 7.45. The van der Waals surface area contributed by atoms with Gasteiger partial charge in [0, 0.05) is 24.6 Å². The van der Waals surface area contributed by atoms with Crippen LogP contribution in [0.15, 0.2) is 48.5 Å². The van der Waals surface area contributed by atoms with E-state index in [0.717, 1.165) is 17.4 Å². The third-order valence-corrected chi connectivity index (χ3v) is 3.97. The first-order valence-corrected chi connectivity index (χ1v) is 9.11. The van der Waals surface area contributed by atoms with Crippen LogP contribution in [0.4, 0.5) is 18.9 Å². The molecule has 0 heterocycles. The minimum absolute atomic E-state index is 0.0399. The summed E-state index contributed by atoms with van der Waals surface area (Å²) in [6.45, 7) is 6.17. The van der Waals surface area contributed by atoms with Crippen molar-refractivity contribution >= 4 is 11.6 Å². The molecule has 2 aromatic carbocycles. The van der Waals surface area contributed by atoms with Crippen LogP contribution < -0.4 is 15.4 Å². The van der Waals surface area contributed by atoms with Crippen molar-refractivity contribution in [3.8, 4) is 5.75 Å². The summed E-state index contributed by atoms with van der Waals surface area (Å²) >= 11 is 0. The molecule has 1 atom stereocenters. The molecule has 0 aromatic heterocycles. The molecule has 4 nitrogen and oxygen atoms in total. The molecule has 0 aliphatic heterocycles. The molecule has 0 aliphatic rings. The van der Waals surface area contributed by atoms with Gasteiger partial charge in [-0.3, -0.25) is 4.79 Å². The number of hydrogen-bond acceptors (Lipinski definition) is 3. The number of carbonyl (C=O) groups excluding carboxylic acids is 1. The molecule has 1 unspecified atom stereocenters. The highest BCUT2D eigenvalue weighted by molar-refractivity contribution is 5.92. The topological polar surface area (TPSA) is 50.4 Å². The van der Waals surface area contributed by atoms with Crippen molar-refractivity contribution in [2.75, 3.05) is 5.32 Å². The second kappa shape index (κ2) is 9.59. The number of rotatable bonds is 8. The van der Waals surface area contributed by atoms with Gasteiger partial charge in [0.15, 0.2) is 0 Å². The summed E-state index contributed by atoms with van der Waals surface area (Å²) in [5, 5.41) is 5.57. The van der Waals surface area contributed by atoms with Crippen LogP contribution in [0, 0.1) is 0 Å².